The van der Waals surface area contributed by atoms with Crippen LogP contribution in [0, 0.1) is 0 Å². The van der Waals surface area contributed by atoms with Gasteiger partial charge in [0, 0.05) is 11.3 Å². The maximum atomic E-state index is 10.8. The van der Waals surface area contributed by atoms with E-state index in [4.69, 9.17) is 4.74 Å². The number of thiol groups is 1. The third kappa shape index (κ3) is 2.58. The Hall–Kier alpha value is -0.960. The normalized spacial score (nSPS) is 9.50. The molecule has 0 amide bonds. The zero-order valence-electron chi connectivity index (χ0n) is 6.78. The van der Waals surface area contributed by atoms with Crippen molar-refractivity contribution in [2.45, 2.75) is 18.2 Å². The second-order valence-corrected chi connectivity index (χ2v) is 2.84. The summed E-state index contributed by atoms with van der Waals surface area (Å²) in [6.07, 6.45) is 0.391. The second kappa shape index (κ2) is 4.16. The molecule has 0 aliphatic rings. The van der Waals surface area contributed by atoms with Crippen LogP contribution in [0.1, 0.15) is 13.3 Å². The van der Waals surface area contributed by atoms with Crippen molar-refractivity contribution in [2.75, 3.05) is 0 Å². The molecule has 1 aromatic carbocycles. The standard InChI is InChI=1S/C9H10O2S/c1-2-9(10)11-7-3-5-8(12)6-4-7/h3-6,12H,2H2,1H3. The molecule has 0 N–H and O–H groups in total. The molecule has 1 aromatic rings. The smallest absolute Gasteiger partial charge is 0.310 e. The predicted octanol–water partition coefficient (Wildman–Crippen LogP) is 2.29. The Kier molecular flexibility index (Phi) is 3.17. The van der Waals surface area contributed by atoms with E-state index in [1.807, 2.05) is 0 Å². The van der Waals surface area contributed by atoms with Gasteiger partial charge in [-0.05, 0) is 24.3 Å². The molecule has 0 heterocycles. The molecule has 0 bridgehead atoms. The number of benzene rings is 1. The lowest BCUT2D eigenvalue weighted by Crippen LogP contribution is -2.04. The molecule has 3 heteroatoms. The summed E-state index contributed by atoms with van der Waals surface area (Å²) in [7, 11) is 0. The Morgan fingerprint density at radius 2 is 2.00 bits per heavy atom. The SMILES string of the molecule is CCC(=O)Oc1ccc(S)cc1. The highest BCUT2D eigenvalue weighted by Crippen LogP contribution is 2.14. The van der Waals surface area contributed by atoms with Gasteiger partial charge in [0.25, 0.3) is 0 Å². The van der Waals surface area contributed by atoms with Crippen molar-refractivity contribution in [1.29, 1.82) is 0 Å². The van der Waals surface area contributed by atoms with E-state index in [9.17, 15) is 4.79 Å². The van der Waals surface area contributed by atoms with E-state index in [1.54, 1.807) is 31.2 Å². The molecule has 0 aliphatic carbocycles. The van der Waals surface area contributed by atoms with E-state index in [1.165, 1.54) is 0 Å². The Bertz CT molecular complexity index is 266. The summed E-state index contributed by atoms with van der Waals surface area (Å²) in [5.41, 5.74) is 0. The molecule has 0 aliphatic heterocycles. The van der Waals surface area contributed by atoms with Gasteiger partial charge in [-0.2, -0.15) is 0 Å². The average Bonchev–Trinajstić information content (AvgIpc) is 2.09. The zero-order valence-corrected chi connectivity index (χ0v) is 7.67. The lowest BCUT2D eigenvalue weighted by Gasteiger charge is -2.01. The van der Waals surface area contributed by atoms with Crippen LogP contribution in [0.2, 0.25) is 0 Å². The van der Waals surface area contributed by atoms with Gasteiger partial charge >= 0.3 is 5.97 Å². The summed E-state index contributed by atoms with van der Waals surface area (Å²) in [5, 5.41) is 0. The summed E-state index contributed by atoms with van der Waals surface area (Å²) in [5.74, 6) is 0.349. The van der Waals surface area contributed by atoms with Gasteiger partial charge in [-0.3, -0.25) is 4.79 Å². The fourth-order valence-corrected chi connectivity index (χ4v) is 0.867. The van der Waals surface area contributed by atoms with Gasteiger partial charge in [-0.15, -0.1) is 12.6 Å². The molecular formula is C9H10O2S. The van der Waals surface area contributed by atoms with Crippen LogP contribution >= 0.6 is 12.6 Å². The number of esters is 1. The Labute approximate surface area is 77.0 Å². The zero-order chi connectivity index (χ0) is 8.97. The van der Waals surface area contributed by atoms with E-state index in [0.717, 1.165) is 4.90 Å². The number of carbonyl (C=O) groups excluding carboxylic acids is 1. The van der Waals surface area contributed by atoms with Gasteiger partial charge in [0.1, 0.15) is 5.75 Å². The highest BCUT2D eigenvalue weighted by atomic mass is 32.1. The van der Waals surface area contributed by atoms with E-state index < -0.39 is 0 Å². The summed E-state index contributed by atoms with van der Waals surface area (Å²) >= 11 is 4.10. The lowest BCUT2D eigenvalue weighted by molar-refractivity contribution is -0.134. The van der Waals surface area contributed by atoms with Crippen LogP contribution in [0.3, 0.4) is 0 Å². The molecule has 1 rings (SSSR count). The fraction of sp³-hybridized carbons (Fsp3) is 0.222. The minimum Gasteiger partial charge on any atom is -0.427 e. The minimum absolute atomic E-state index is 0.220. The van der Waals surface area contributed by atoms with Crippen molar-refractivity contribution in [3.8, 4) is 5.75 Å². The first-order chi connectivity index (χ1) is 5.72. The average molecular weight is 182 g/mol. The van der Waals surface area contributed by atoms with Crippen LogP contribution in [0.15, 0.2) is 29.2 Å². The molecule has 64 valence electrons. The number of hydrogen-bond donors (Lipinski definition) is 1. The topological polar surface area (TPSA) is 26.3 Å². The van der Waals surface area contributed by atoms with Gasteiger partial charge in [0.15, 0.2) is 0 Å². The maximum absolute atomic E-state index is 10.8. The second-order valence-electron chi connectivity index (χ2n) is 2.32. The van der Waals surface area contributed by atoms with Crippen molar-refractivity contribution in [1.82, 2.24) is 0 Å². The van der Waals surface area contributed by atoms with E-state index in [2.05, 4.69) is 12.6 Å². The van der Waals surface area contributed by atoms with Gasteiger partial charge < -0.3 is 4.74 Å². The summed E-state index contributed by atoms with van der Waals surface area (Å²) in [6, 6.07) is 6.99. The van der Waals surface area contributed by atoms with Crippen molar-refractivity contribution in [3.63, 3.8) is 0 Å². The number of hydrogen-bond acceptors (Lipinski definition) is 3. The first-order valence-corrected chi connectivity index (χ1v) is 4.17. The Morgan fingerprint density at radius 1 is 1.42 bits per heavy atom. The number of carbonyl (C=O) groups is 1. The van der Waals surface area contributed by atoms with E-state index in [-0.39, 0.29) is 5.97 Å². The highest BCUT2D eigenvalue weighted by molar-refractivity contribution is 7.80. The van der Waals surface area contributed by atoms with Crippen molar-refractivity contribution in [2.24, 2.45) is 0 Å². The first kappa shape index (κ1) is 9.13. The molecule has 0 saturated heterocycles. The van der Waals surface area contributed by atoms with Gasteiger partial charge in [0.05, 0.1) is 0 Å². The Balaban J connectivity index is 2.64. The molecule has 0 saturated carbocycles. The van der Waals surface area contributed by atoms with E-state index in [0.29, 0.717) is 12.2 Å². The first-order valence-electron chi connectivity index (χ1n) is 3.72. The van der Waals surface area contributed by atoms with Gasteiger partial charge in [0.2, 0.25) is 0 Å². The van der Waals surface area contributed by atoms with Crippen molar-refractivity contribution in [3.05, 3.63) is 24.3 Å². The third-order valence-corrected chi connectivity index (χ3v) is 1.66. The van der Waals surface area contributed by atoms with Crippen LogP contribution in [0.5, 0.6) is 5.75 Å². The van der Waals surface area contributed by atoms with E-state index >= 15 is 0 Å². The molecular weight excluding hydrogens is 172 g/mol. The fourth-order valence-electron chi connectivity index (χ4n) is 0.718. The largest absolute Gasteiger partial charge is 0.427 e. The maximum Gasteiger partial charge on any atom is 0.310 e. The molecule has 0 unspecified atom stereocenters. The Morgan fingerprint density at radius 3 is 2.50 bits per heavy atom. The number of rotatable bonds is 2. The van der Waals surface area contributed by atoms with Crippen molar-refractivity contribution < 1.29 is 9.53 Å². The molecule has 12 heavy (non-hydrogen) atoms. The van der Waals surface area contributed by atoms with Crippen LogP contribution in [0.25, 0.3) is 0 Å². The predicted molar refractivity (Wildman–Crippen MR) is 49.6 cm³/mol. The summed E-state index contributed by atoms with van der Waals surface area (Å²) < 4.78 is 4.95. The molecule has 0 radical (unpaired) electrons. The monoisotopic (exact) mass is 182 g/mol. The quantitative estimate of drug-likeness (QED) is 0.431. The molecule has 0 atom stereocenters. The van der Waals surface area contributed by atoms with Crippen LogP contribution < -0.4 is 4.74 Å². The van der Waals surface area contributed by atoms with Gasteiger partial charge in [-0.1, -0.05) is 6.92 Å². The van der Waals surface area contributed by atoms with Crippen molar-refractivity contribution >= 4 is 18.6 Å². The summed E-state index contributed by atoms with van der Waals surface area (Å²) in [4.78, 5) is 11.7. The van der Waals surface area contributed by atoms with Gasteiger partial charge in [-0.25, -0.2) is 0 Å². The lowest BCUT2D eigenvalue weighted by atomic mass is 10.3. The third-order valence-electron chi connectivity index (χ3n) is 1.36. The van der Waals surface area contributed by atoms with Crippen LogP contribution in [0.4, 0.5) is 0 Å². The highest BCUT2D eigenvalue weighted by Gasteiger charge is 1.99. The van der Waals surface area contributed by atoms with Crippen LogP contribution in [-0.2, 0) is 4.79 Å². The molecule has 0 fully saturated rings. The minimum atomic E-state index is -0.220. The number of ether oxygens (including phenoxy) is 1. The molecule has 0 spiro atoms. The molecule has 2 nitrogen and oxygen atoms in total. The summed E-state index contributed by atoms with van der Waals surface area (Å²) in [6.45, 7) is 1.76. The molecule has 0 aromatic heterocycles. The van der Waals surface area contributed by atoms with Crippen LogP contribution in [-0.4, -0.2) is 5.97 Å².